The van der Waals surface area contributed by atoms with Crippen LogP contribution in [-0.2, 0) is 16.1 Å². The van der Waals surface area contributed by atoms with Gasteiger partial charge in [0.1, 0.15) is 17.5 Å². The van der Waals surface area contributed by atoms with Crippen molar-refractivity contribution in [1.82, 2.24) is 25.2 Å². The first kappa shape index (κ1) is 19.7. The van der Waals surface area contributed by atoms with Crippen molar-refractivity contribution < 1.29 is 19.1 Å². The van der Waals surface area contributed by atoms with Crippen molar-refractivity contribution in [1.29, 1.82) is 0 Å². The Morgan fingerprint density at radius 2 is 1.85 bits per heavy atom. The molecule has 3 aliphatic rings. The predicted octanol–water partition coefficient (Wildman–Crippen LogP) is 2.24. The van der Waals surface area contributed by atoms with Crippen molar-refractivity contribution in [3.8, 4) is 22.7 Å². The summed E-state index contributed by atoms with van der Waals surface area (Å²) in [5, 5.41) is 10.9. The number of carbonyl (C=O) groups is 3. The molecule has 1 saturated heterocycles. The van der Waals surface area contributed by atoms with E-state index in [0.29, 0.717) is 24.2 Å². The summed E-state index contributed by atoms with van der Waals surface area (Å²) in [5.74, 6) is -0.114. The first-order valence-corrected chi connectivity index (χ1v) is 11.0. The molecule has 1 aromatic heterocycles. The van der Waals surface area contributed by atoms with Gasteiger partial charge in [0.25, 0.3) is 5.91 Å². The third kappa shape index (κ3) is 3.55. The van der Waals surface area contributed by atoms with Crippen molar-refractivity contribution in [2.24, 2.45) is 0 Å². The second kappa shape index (κ2) is 7.54. The lowest BCUT2D eigenvalue weighted by molar-refractivity contribution is -0.136. The van der Waals surface area contributed by atoms with E-state index in [-0.39, 0.29) is 24.3 Å². The van der Waals surface area contributed by atoms with E-state index < -0.39 is 11.9 Å². The van der Waals surface area contributed by atoms with Crippen LogP contribution in [0.2, 0.25) is 0 Å². The van der Waals surface area contributed by atoms with E-state index in [4.69, 9.17) is 4.74 Å². The first-order chi connectivity index (χ1) is 16.1. The highest BCUT2D eigenvalue weighted by molar-refractivity contribution is 6.05. The number of fused-ring (bicyclic) bond motifs is 1. The number of piperidine rings is 1. The lowest BCUT2D eigenvalue weighted by Gasteiger charge is -2.29. The molecular formula is C24H21N5O4. The number of hydrogen-bond donors (Lipinski definition) is 1. The Bertz CT molecular complexity index is 1300. The maximum atomic E-state index is 12.9. The molecule has 0 spiro atoms. The summed E-state index contributed by atoms with van der Waals surface area (Å²) in [7, 11) is 0. The Labute approximate surface area is 189 Å². The van der Waals surface area contributed by atoms with Crippen LogP contribution in [0.5, 0.6) is 5.75 Å². The minimum absolute atomic E-state index is 0.198. The summed E-state index contributed by atoms with van der Waals surface area (Å²) in [4.78, 5) is 38.2. The standard InChI is InChI=1S/C24H21N5O4/c30-22-10-9-20(23(31)25-22)28-12-14-11-15(5-8-17(14)24(28)32)29-13-19(26-27-29)18-3-1-2-4-21(18)33-16-6-7-16/h1-5,8,11,13,16,20H,6-7,9-10,12H2,(H,25,30,31). The second-order valence-electron chi connectivity index (χ2n) is 8.60. The molecule has 2 fully saturated rings. The number of nitrogens with one attached hydrogen (secondary N) is 1. The molecule has 2 aliphatic heterocycles. The Hall–Kier alpha value is -4.01. The van der Waals surface area contributed by atoms with Crippen molar-refractivity contribution in [2.75, 3.05) is 0 Å². The van der Waals surface area contributed by atoms with Crippen molar-refractivity contribution in [2.45, 2.75) is 44.4 Å². The molecule has 166 valence electrons. The summed E-state index contributed by atoms with van der Waals surface area (Å²) in [5.41, 5.74) is 3.73. The minimum Gasteiger partial charge on any atom is -0.490 e. The molecule has 1 saturated carbocycles. The Kier molecular flexibility index (Phi) is 4.49. The van der Waals surface area contributed by atoms with Crippen molar-refractivity contribution in [3.05, 3.63) is 59.8 Å². The van der Waals surface area contributed by atoms with Gasteiger partial charge in [0, 0.05) is 24.1 Å². The number of aromatic nitrogens is 3. The molecule has 6 rings (SSSR count). The molecule has 3 aromatic rings. The summed E-state index contributed by atoms with van der Waals surface area (Å²) < 4.78 is 7.68. The smallest absolute Gasteiger partial charge is 0.255 e. The zero-order valence-corrected chi connectivity index (χ0v) is 17.7. The largest absolute Gasteiger partial charge is 0.490 e. The quantitative estimate of drug-likeness (QED) is 0.606. The van der Waals surface area contributed by atoms with E-state index >= 15 is 0 Å². The van der Waals surface area contributed by atoms with E-state index in [9.17, 15) is 14.4 Å². The Balaban J connectivity index is 1.26. The van der Waals surface area contributed by atoms with Gasteiger partial charge in [-0.15, -0.1) is 5.10 Å². The first-order valence-electron chi connectivity index (χ1n) is 11.0. The van der Waals surface area contributed by atoms with Gasteiger partial charge in [-0.2, -0.15) is 0 Å². The zero-order valence-electron chi connectivity index (χ0n) is 17.7. The molecule has 3 heterocycles. The molecule has 1 aliphatic carbocycles. The summed E-state index contributed by atoms with van der Waals surface area (Å²) in [6, 6.07) is 12.6. The lowest BCUT2D eigenvalue weighted by atomic mass is 10.0. The maximum Gasteiger partial charge on any atom is 0.255 e. The summed E-state index contributed by atoms with van der Waals surface area (Å²) >= 11 is 0. The monoisotopic (exact) mass is 443 g/mol. The van der Waals surface area contributed by atoms with Gasteiger partial charge < -0.3 is 9.64 Å². The Morgan fingerprint density at radius 1 is 1.00 bits per heavy atom. The SMILES string of the molecule is O=C1CCC(N2Cc3cc(-n4cc(-c5ccccc5OC5CC5)nn4)ccc3C2=O)C(=O)N1. The van der Waals surface area contributed by atoms with E-state index in [1.54, 1.807) is 10.7 Å². The summed E-state index contributed by atoms with van der Waals surface area (Å²) in [6.45, 7) is 0.313. The number of para-hydroxylation sites is 1. The number of imide groups is 1. The van der Waals surface area contributed by atoms with Gasteiger partial charge in [-0.3, -0.25) is 19.7 Å². The van der Waals surface area contributed by atoms with E-state index in [1.807, 2.05) is 42.6 Å². The minimum atomic E-state index is -0.632. The van der Waals surface area contributed by atoms with Gasteiger partial charge in [-0.05, 0) is 55.2 Å². The molecule has 9 nitrogen and oxygen atoms in total. The van der Waals surface area contributed by atoms with Crippen LogP contribution in [0.3, 0.4) is 0 Å². The highest BCUT2D eigenvalue weighted by Gasteiger charge is 2.39. The molecule has 9 heteroatoms. The highest BCUT2D eigenvalue weighted by atomic mass is 16.5. The molecule has 33 heavy (non-hydrogen) atoms. The van der Waals surface area contributed by atoms with Crippen LogP contribution in [0.15, 0.2) is 48.7 Å². The number of benzene rings is 2. The van der Waals surface area contributed by atoms with E-state index in [1.165, 1.54) is 4.90 Å². The van der Waals surface area contributed by atoms with E-state index in [2.05, 4.69) is 15.6 Å². The van der Waals surface area contributed by atoms with Crippen LogP contribution in [0.4, 0.5) is 0 Å². The normalized spacial score (nSPS) is 20.1. The maximum absolute atomic E-state index is 12.9. The topological polar surface area (TPSA) is 106 Å². The van der Waals surface area contributed by atoms with E-state index in [0.717, 1.165) is 35.4 Å². The average Bonchev–Trinajstić information content (AvgIpc) is 3.38. The number of amides is 3. The molecular weight excluding hydrogens is 422 g/mol. The number of carbonyl (C=O) groups excluding carboxylic acids is 3. The lowest BCUT2D eigenvalue weighted by Crippen LogP contribution is -2.52. The van der Waals surface area contributed by atoms with Crippen LogP contribution in [0, 0.1) is 0 Å². The fraction of sp³-hybridized carbons (Fsp3) is 0.292. The number of rotatable bonds is 5. The van der Waals surface area contributed by atoms with Crippen LogP contribution in [-0.4, -0.2) is 49.8 Å². The average molecular weight is 443 g/mol. The van der Waals surface area contributed by atoms with Gasteiger partial charge in [0.15, 0.2) is 0 Å². The van der Waals surface area contributed by atoms with Crippen molar-refractivity contribution >= 4 is 17.7 Å². The fourth-order valence-electron chi connectivity index (χ4n) is 4.36. The number of ether oxygens (including phenoxy) is 1. The molecule has 2 aromatic carbocycles. The molecule has 0 bridgehead atoms. The van der Waals surface area contributed by atoms with Gasteiger partial charge in [0.2, 0.25) is 11.8 Å². The third-order valence-corrected chi connectivity index (χ3v) is 6.25. The summed E-state index contributed by atoms with van der Waals surface area (Å²) in [6.07, 6.45) is 4.84. The molecule has 1 atom stereocenters. The highest BCUT2D eigenvalue weighted by Crippen LogP contribution is 2.34. The zero-order chi connectivity index (χ0) is 22.5. The van der Waals surface area contributed by atoms with Gasteiger partial charge in [0.05, 0.1) is 18.0 Å². The molecule has 1 unspecified atom stereocenters. The molecule has 1 N–H and O–H groups in total. The van der Waals surface area contributed by atoms with Crippen LogP contribution < -0.4 is 10.1 Å². The number of nitrogens with zero attached hydrogens (tertiary/aromatic N) is 4. The number of hydrogen-bond acceptors (Lipinski definition) is 6. The molecule has 3 amide bonds. The van der Waals surface area contributed by atoms with Gasteiger partial charge in [-0.25, -0.2) is 4.68 Å². The van der Waals surface area contributed by atoms with Crippen molar-refractivity contribution in [3.63, 3.8) is 0 Å². The fourth-order valence-corrected chi connectivity index (χ4v) is 4.36. The second-order valence-corrected chi connectivity index (χ2v) is 8.60. The van der Waals surface area contributed by atoms with Crippen LogP contribution in [0.1, 0.15) is 41.6 Å². The molecule has 0 radical (unpaired) electrons. The predicted molar refractivity (Wildman–Crippen MR) is 116 cm³/mol. The Morgan fingerprint density at radius 3 is 2.67 bits per heavy atom. The van der Waals surface area contributed by atoms with Crippen LogP contribution in [0.25, 0.3) is 16.9 Å². The van der Waals surface area contributed by atoms with Gasteiger partial charge in [-0.1, -0.05) is 17.3 Å². The third-order valence-electron chi connectivity index (χ3n) is 6.25. The van der Waals surface area contributed by atoms with Gasteiger partial charge >= 0.3 is 0 Å². The van der Waals surface area contributed by atoms with Crippen LogP contribution >= 0.6 is 0 Å².